The van der Waals surface area contributed by atoms with E-state index in [9.17, 15) is 19.7 Å². The average molecular weight is 405 g/mol. The van der Waals surface area contributed by atoms with E-state index in [1.54, 1.807) is 52.2 Å². The van der Waals surface area contributed by atoms with Gasteiger partial charge in [0, 0.05) is 23.8 Å². The lowest BCUT2D eigenvalue weighted by Crippen LogP contribution is -2.33. The molecule has 1 aromatic heterocycles. The van der Waals surface area contributed by atoms with Crippen LogP contribution in [-0.4, -0.2) is 41.3 Å². The maximum Gasteiger partial charge on any atom is 0.337 e. The SMILES string of the molecule is CC1=C(C(=O)OCCO[N+](=O)[O-])C(c2cccnc2)C(C(=O)OC(C)C)=C(C)N1. The first kappa shape index (κ1) is 21.9. The van der Waals surface area contributed by atoms with Gasteiger partial charge in [-0.3, -0.25) is 4.98 Å². The molecule has 0 fully saturated rings. The van der Waals surface area contributed by atoms with Gasteiger partial charge in [0.1, 0.15) is 13.2 Å². The molecule has 0 aliphatic carbocycles. The Kier molecular flexibility index (Phi) is 7.29. The molecule has 0 amide bonds. The number of rotatable bonds is 8. The molecule has 1 unspecified atom stereocenters. The van der Waals surface area contributed by atoms with Gasteiger partial charge >= 0.3 is 11.9 Å². The molecule has 1 aliphatic rings. The maximum absolute atomic E-state index is 12.8. The van der Waals surface area contributed by atoms with Crippen molar-refractivity contribution < 1.29 is 29.0 Å². The molecule has 29 heavy (non-hydrogen) atoms. The number of ether oxygens (including phenoxy) is 2. The highest BCUT2D eigenvalue weighted by Crippen LogP contribution is 2.39. The van der Waals surface area contributed by atoms with Crippen LogP contribution in [0.1, 0.15) is 39.2 Å². The Morgan fingerprint density at radius 3 is 2.41 bits per heavy atom. The molecule has 0 aromatic carbocycles. The maximum atomic E-state index is 12.8. The van der Waals surface area contributed by atoms with E-state index >= 15 is 0 Å². The normalized spacial score (nSPS) is 16.4. The molecule has 0 spiro atoms. The van der Waals surface area contributed by atoms with E-state index in [4.69, 9.17) is 9.47 Å². The molecule has 0 radical (unpaired) electrons. The quantitative estimate of drug-likeness (QED) is 0.299. The molecule has 0 bridgehead atoms. The number of hydrogen-bond donors (Lipinski definition) is 1. The number of dihydropyridines is 1. The third-order valence-corrected chi connectivity index (χ3v) is 4.07. The highest BCUT2D eigenvalue weighted by Gasteiger charge is 2.38. The van der Waals surface area contributed by atoms with Gasteiger partial charge in [-0.1, -0.05) is 6.07 Å². The van der Waals surface area contributed by atoms with Crippen molar-refractivity contribution in [1.29, 1.82) is 0 Å². The van der Waals surface area contributed by atoms with Crippen molar-refractivity contribution in [2.45, 2.75) is 39.7 Å². The van der Waals surface area contributed by atoms with Crippen LogP contribution in [0.25, 0.3) is 0 Å². The van der Waals surface area contributed by atoms with E-state index in [1.807, 2.05) is 0 Å². The Morgan fingerprint density at radius 1 is 1.21 bits per heavy atom. The number of allylic oxidation sites excluding steroid dienone is 2. The van der Waals surface area contributed by atoms with Crippen LogP contribution < -0.4 is 5.32 Å². The van der Waals surface area contributed by atoms with Crippen LogP contribution in [0.2, 0.25) is 0 Å². The van der Waals surface area contributed by atoms with Crippen LogP contribution in [0.15, 0.2) is 47.1 Å². The van der Waals surface area contributed by atoms with E-state index in [2.05, 4.69) is 15.1 Å². The van der Waals surface area contributed by atoms with Crippen LogP contribution in [0, 0.1) is 10.1 Å². The topological polar surface area (TPSA) is 130 Å². The minimum absolute atomic E-state index is 0.195. The Labute approximate surface area is 167 Å². The number of aromatic nitrogens is 1. The third-order valence-electron chi connectivity index (χ3n) is 4.07. The van der Waals surface area contributed by atoms with Crippen molar-refractivity contribution in [1.82, 2.24) is 10.3 Å². The molecule has 0 saturated heterocycles. The van der Waals surface area contributed by atoms with Crippen molar-refractivity contribution in [2.75, 3.05) is 13.2 Å². The molecule has 0 saturated carbocycles. The fourth-order valence-corrected chi connectivity index (χ4v) is 3.02. The van der Waals surface area contributed by atoms with Crippen LogP contribution in [0.3, 0.4) is 0 Å². The highest BCUT2D eigenvalue weighted by molar-refractivity contribution is 5.99. The summed E-state index contributed by atoms with van der Waals surface area (Å²) in [5, 5.41) is 12.3. The van der Waals surface area contributed by atoms with E-state index in [0.29, 0.717) is 17.0 Å². The van der Waals surface area contributed by atoms with Gasteiger partial charge in [0.2, 0.25) is 0 Å². The van der Waals surface area contributed by atoms with E-state index in [1.165, 1.54) is 0 Å². The van der Waals surface area contributed by atoms with E-state index < -0.39 is 29.6 Å². The lowest BCUT2D eigenvalue weighted by atomic mass is 9.81. The molecule has 1 aliphatic heterocycles. The molecule has 2 rings (SSSR count). The Balaban J connectivity index is 2.39. The fourth-order valence-electron chi connectivity index (χ4n) is 3.02. The fraction of sp³-hybridized carbons (Fsp3) is 0.421. The second-order valence-electron chi connectivity index (χ2n) is 6.57. The minimum Gasteiger partial charge on any atom is -0.460 e. The van der Waals surface area contributed by atoms with Crippen LogP contribution >= 0.6 is 0 Å². The molecule has 2 heterocycles. The average Bonchev–Trinajstić information content (AvgIpc) is 2.64. The van der Waals surface area contributed by atoms with Gasteiger partial charge in [0.05, 0.1) is 23.2 Å². The first-order chi connectivity index (χ1) is 13.7. The van der Waals surface area contributed by atoms with Gasteiger partial charge in [0.25, 0.3) is 5.09 Å². The molecule has 10 nitrogen and oxygen atoms in total. The third kappa shape index (κ3) is 5.53. The van der Waals surface area contributed by atoms with Crippen molar-refractivity contribution in [3.8, 4) is 0 Å². The highest BCUT2D eigenvalue weighted by atomic mass is 17.0. The summed E-state index contributed by atoms with van der Waals surface area (Å²) in [6, 6.07) is 3.44. The first-order valence-electron chi connectivity index (χ1n) is 8.96. The standard InChI is InChI=1S/C19H23N3O7/c1-11(2)29-19(24)16-13(4)21-12(3)15(17(16)14-6-5-7-20-10-14)18(23)27-8-9-28-22(25)26/h5-7,10-11,17,21H,8-9H2,1-4H3. The molecule has 1 N–H and O–H groups in total. The second-order valence-corrected chi connectivity index (χ2v) is 6.57. The van der Waals surface area contributed by atoms with Crippen LogP contribution in [0.5, 0.6) is 0 Å². The van der Waals surface area contributed by atoms with Gasteiger partial charge in [-0.25, -0.2) is 9.59 Å². The van der Waals surface area contributed by atoms with Crippen molar-refractivity contribution in [3.05, 3.63) is 62.7 Å². The summed E-state index contributed by atoms with van der Waals surface area (Å²) in [5.74, 6) is -2.05. The summed E-state index contributed by atoms with van der Waals surface area (Å²) >= 11 is 0. The van der Waals surface area contributed by atoms with Gasteiger partial charge in [0.15, 0.2) is 0 Å². The summed E-state index contributed by atoms with van der Waals surface area (Å²) in [6.45, 7) is 6.15. The number of nitrogens with one attached hydrogen (secondary N) is 1. The first-order valence-corrected chi connectivity index (χ1v) is 8.96. The predicted molar refractivity (Wildman–Crippen MR) is 101 cm³/mol. The van der Waals surface area contributed by atoms with Gasteiger partial charge in [-0.05, 0) is 39.3 Å². The summed E-state index contributed by atoms with van der Waals surface area (Å²) in [5.41, 5.74) is 2.12. The van der Waals surface area contributed by atoms with Crippen LogP contribution in [0.4, 0.5) is 0 Å². The van der Waals surface area contributed by atoms with Gasteiger partial charge < -0.3 is 19.6 Å². The molecular weight excluding hydrogens is 382 g/mol. The summed E-state index contributed by atoms with van der Waals surface area (Å²) in [4.78, 5) is 44.1. The van der Waals surface area contributed by atoms with Crippen LogP contribution in [-0.2, 0) is 23.9 Å². The second kappa shape index (κ2) is 9.67. The lowest BCUT2D eigenvalue weighted by molar-refractivity contribution is -0.757. The summed E-state index contributed by atoms with van der Waals surface area (Å²) in [7, 11) is 0. The van der Waals surface area contributed by atoms with Crippen molar-refractivity contribution in [2.24, 2.45) is 0 Å². The molecule has 1 aromatic rings. The predicted octanol–water partition coefficient (Wildman–Crippen LogP) is 2.02. The zero-order chi connectivity index (χ0) is 21.6. The monoisotopic (exact) mass is 405 g/mol. The number of pyridine rings is 1. The zero-order valence-corrected chi connectivity index (χ0v) is 16.6. The van der Waals surface area contributed by atoms with Gasteiger partial charge in [-0.2, -0.15) is 0 Å². The molecule has 1 atom stereocenters. The number of carbonyl (C=O) groups excluding carboxylic acids is 2. The minimum atomic E-state index is -0.967. The smallest absolute Gasteiger partial charge is 0.337 e. The number of nitrogens with zero attached hydrogens (tertiary/aromatic N) is 2. The largest absolute Gasteiger partial charge is 0.460 e. The summed E-state index contributed by atoms with van der Waals surface area (Å²) in [6.07, 6.45) is 2.79. The zero-order valence-electron chi connectivity index (χ0n) is 16.6. The Hall–Kier alpha value is -3.43. The lowest BCUT2D eigenvalue weighted by Gasteiger charge is -2.30. The van der Waals surface area contributed by atoms with E-state index in [0.717, 1.165) is 0 Å². The Bertz CT molecular complexity index is 847. The summed E-state index contributed by atoms with van der Waals surface area (Å²) < 4.78 is 10.5. The van der Waals surface area contributed by atoms with Gasteiger partial charge in [-0.15, -0.1) is 10.1 Å². The number of hydrogen-bond acceptors (Lipinski definition) is 9. The van der Waals surface area contributed by atoms with Crippen molar-refractivity contribution in [3.63, 3.8) is 0 Å². The molecular formula is C19H23N3O7. The number of carbonyl (C=O) groups is 2. The molecule has 156 valence electrons. The molecule has 10 heteroatoms. The van der Waals surface area contributed by atoms with Crippen molar-refractivity contribution >= 4 is 11.9 Å². The Morgan fingerprint density at radius 2 is 1.86 bits per heavy atom. The number of esters is 2. The van der Waals surface area contributed by atoms with E-state index in [-0.39, 0.29) is 23.9 Å².